The first-order chi connectivity index (χ1) is 14.0. The summed E-state index contributed by atoms with van der Waals surface area (Å²) in [4.78, 5) is 22.4. The van der Waals surface area contributed by atoms with Crippen LogP contribution in [0.4, 0.5) is 0 Å². The number of hydrogen-bond acceptors (Lipinski definition) is 8. The fraction of sp³-hybridized carbons (Fsp3) is 0. The zero-order chi connectivity index (χ0) is 22.4. The van der Waals surface area contributed by atoms with Gasteiger partial charge in [0.15, 0.2) is 0 Å². The van der Waals surface area contributed by atoms with E-state index in [1.54, 1.807) is 0 Å². The van der Waals surface area contributed by atoms with Gasteiger partial charge in [0.1, 0.15) is 9.79 Å². The van der Waals surface area contributed by atoms with Crippen LogP contribution in [0.1, 0.15) is 11.1 Å². The number of hydrogen-bond donors (Lipinski definition) is 4. The molecule has 0 fully saturated rings. The van der Waals surface area contributed by atoms with E-state index in [2.05, 4.69) is 10.2 Å². The molecule has 0 saturated carbocycles. The Kier molecular flexibility index (Phi) is 9.64. The minimum atomic E-state index is -4.52. The first-order valence-electron chi connectivity index (χ1n) is 7.79. The summed E-state index contributed by atoms with van der Waals surface area (Å²) in [6, 6.07) is 10.5. The molecule has 0 radical (unpaired) electrons. The molecule has 4 N–H and O–H groups in total. The van der Waals surface area contributed by atoms with Crippen molar-refractivity contribution in [1.82, 2.24) is 10.9 Å². The van der Waals surface area contributed by atoms with Crippen LogP contribution in [-0.4, -0.2) is 50.2 Å². The zero-order valence-electron chi connectivity index (χ0n) is 15.8. The Morgan fingerprint density at radius 2 is 1.03 bits per heavy atom. The van der Waals surface area contributed by atoms with Crippen molar-refractivity contribution < 1.29 is 65.1 Å². The van der Waals surface area contributed by atoms with Crippen molar-refractivity contribution in [3.8, 4) is 0 Å². The molecule has 2 rings (SSSR count). The van der Waals surface area contributed by atoms with Gasteiger partial charge in [-0.1, -0.05) is 36.4 Å². The van der Waals surface area contributed by atoms with E-state index < -0.39 is 41.8 Å². The standard InChI is InChI=1S/C16H14N4O8S2.Na/c21-15(19-17-9-11-5-1-3-7-13(11)29(23,24)25)16(22)20-18-10-12-6-2-4-8-14(12)30(26,27)28;/h1-10H,(H,19,21)(H,20,22)(H,23,24,25)(H,26,27,28);/q;+1/b17-9+,18-10+;. The SMILES string of the molecule is O=C(N/N=C/c1ccccc1S(=O)(=O)O)C(=O)N/N=C/c1ccccc1S(=O)(=O)O.[Na+]. The molecule has 2 aromatic carbocycles. The average Bonchev–Trinajstić information content (AvgIpc) is 2.67. The van der Waals surface area contributed by atoms with Crippen LogP contribution in [0.3, 0.4) is 0 Å². The molecule has 12 nitrogen and oxygen atoms in total. The van der Waals surface area contributed by atoms with Gasteiger partial charge in [0.2, 0.25) is 0 Å². The number of nitrogens with zero attached hydrogens (tertiary/aromatic N) is 2. The molecule has 0 aliphatic rings. The van der Waals surface area contributed by atoms with E-state index in [0.29, 0.717) is 0 Å². The van der Waals surface area contributed by atoms with Crippen molar-refractivity contribution in [2.24, 2.45) is 10.2 Å². The Morgan fingerprint density at radius 1 is 0.710 bits per heavy atom. The molecule has 2 aromatic rings. The van der Waals surface area contributed by atoms with E-state index in [-0.39, 0.29) is 40.7 Å². The summed E-state index contributed by atoms with van der Waals surface area (Å²) in [5.41, 5.74) is 3.57. The van der Waals surface area contributed by atoms with Crippen LogP contribution in [-0.2, 0) is 29.8 Å². The molecular weight excluding hydrogens is 463 g/mol. The monoisotopic (exact) mass is 477 g/mol. The van der Waals surface area contributed by atoms with Crippen molar-refractivity contribution in [3.05, 3.63) is 59.7 Å². The molecule has 2 amide bonds. The molecule has 0 aromatic heterocycles. The second-order valence-electron chi connectivity index (χ2n) is 5.42. The van der Waals surface area contributed by atoms with Crippen LogP contribution in [0.25, 0.3) is 0 Å². The number of carbonyl (C=O) groups is 2. The molecule has 0 heterocycles. The largest absolute Gasteiger partial charge is 1.00 e. The molecule has 0 bridgehead atoms. The summed E-state index contributed by atoms with van der Waals surface area (Å²) in [5, 5.41) is 6.85. The fourth-order valence-corrected chi connectivity index (χ4v) is 3.40. The van der Waals surface area contributed by atoms with Gasteiger partial charge in [-0.25, -0.2) is 10.9 Å². The third kappa shape index (κ3) is 7.95. The molecule has 0 aliphatic carbocycles. The summed E-state index contributed by atoms with van der Waals surface area (Å²) < 4.78 is 63.2. The van der Waals surface area contributed by atoms with Gasteiger partial charge in [-0.05, 0) is 12.1 Å². The average molecular weight is 477 g/mol. The van der Waals surface area contributed by atoms with Gasteiger partial charge in [-0.2, -0.15) is 27.0 Å². The third-order valence-corrected chi connectivity index (χ3v) is 5.19. The molecule has 0 spiro atoms. The van der Waals surface area contributed by atoms with Crippen molar-refractivity contribution >= 4 is 44.5 Å². The van der Waals surface area contributed by atoms with Crippen LogP contribution < -0.4 is 40.4 Å². The van der Waals surface area contributed by atoms with E-state index in [0.717, 1.165) is 24.6 Å². The van der Waals surface area contributed by atoms with E-state index in [9.17, 15) is 26.4 Å². The Hall–Kier alpha value is -2.46. The number of rotatable bonds is 6. The first kappa shape index (κ1) is 26.6. The smallest absolute Gasteiger partial charge is 0.282 e. The van der Waals surface area contributed by atoms with Crippen molar-refractivity contribution in [2.45, 2.75) is 9.79 Å². The minimum Gasteiger partial charge on any atom is -0.282 e. The van der Waals surface area contributed by atoms with Crippen LogP contribution in [0, 0.1) is 0 Å². The topological polar surface area (TPSA) is 192 Å². The maximum atomic E-state index is 11.7. The summed E-state index contributed by atoms with van der Waals surface area (Å²) in [6.45, 7) is 0. The predicted octanol–water partition coefficient (Wildman–Crippen LogP) is -3.22. The molecule has 0 unspecified atom stereocenters. The van der Waals surface area contributed by atoms with E-state index >= 15 is 0 Å². The van der Waals surface area contributed by atoms with Crippen molar-refractivity contribution in [1.29, 1.82) is 0 Å². The Balaban J connectivity index is 0.00000480. The Bertz CT molecular complexity index is 1150. The van der Waals surface area contributed by atoms with Crippen LogP contribution in [0.5, 0.6) is 0 Å². The van der Waals surface area contributed by atoms with Gasteiger partial charge >= 0.3 is 41.4 Å². The first-order valence-corrected chi connectivity index (χ1v) is 10.7. The number of amides is 2. The second-order valence-corrected chi connectivity index (χ2v) is 8.20. The zero-order valence-corrected chi connectivity index (χ0v) is 19.5. The van der Waals surface area contributed by atoms with E-state index in [1.165, 1.54) is 36.4 Å². The summed E-state index contributed by atoms with van der Waals surface area (Å²) in [5.74, 6) is -2.54. The maximum absolute atomic E-state index is 11.7. The summed E-state index contributed by atoms with van der Waals surface area (Å²) in [6.07, 6.45) is 1.81. The van der Waals surface area contributed by atoms with Gasteiger partial charge < -0.3 is 0 Å². The Morgan fingerprint density at radius 3 is 1.35 bits per heavy atom. The maximum Gasteiger partial charge on any atom is 1.00 e. The van der Waals surface area contributed by atoms with Crippen molar-refractivity contribution in [3.63, 3.8) is 0 Å². The summed E-state index contributed by atoms with van der Waals surface area (Å²) in [7, 11) is -9.03. The molecule has 0 aliphatic heterocycles. The fourth-order valence-electron chi connectivity index (χ4n) is 2.07. The predicted molar refractivity (Wildman–Crippen MR) is 104 cm³/mol. The van der Waals surface area contributed by atoms with Gasteiger partial charge in [0.25, 0.3) is 20.2 Å². The van der Waals surface area contributed by atoms with Crippen LogP contribution in [0.2, 0.25) is 0 Å². The normalized spacial score (nSPS) is 11.8. The van der Waals surface area contributed by atoms with Crippen LogP contribution in [0.15, 0.2) is 68.5 Å². The molecular formula is C16H14N4NaO8S2+. The van der Waals surface area contributed by atoms with Crippen LogP contribution >= 0.6 is 0 Å². The third-order valence-electron chi connectivity index (χ3n) is 3.34. The number of nitrogens with one attached hydrogen (secondary N) is 2. The molecule has 0 atom stereocenters. The van der Waals surface area contributed by atoms with Gasteiger partial charge in [0.05, 0.1) is 12.4 Å². The van der Waals surface area contributed by atoms with Gasteiger partial charge in [-0.3, -0.25) is 18.7 Å². The molecule has 15 heteroatoms. The number of benzene rings is 2. The molecule has 158 valence electrons. The Labute approximate surface area is 199 Å². The number of carbonyl (C=O) groups excluding carboxylic acids is 2. The quantitative estimate of drug-likeness (QED) is 0.110. The second kappa shape index (κ2) is 11.2. The van der Waals surface area contributed by atoms with Gasteiger partial charge in [-0.15, -0.1) is 0 Å². The van der Waals surface area contributed by atoms with Gasteiger partial charge in [0, 0.05) is 11.1 Å². The number of hydrazone groups is 2. The van der Waals surface area contributed by atoms with E-state index in [1.807, 2.05) is 10.9 Å². The van der Waals surface area contributed by atoms with E-state index in [4.69, 9.17) is 9.11 Å². The molecule has 31 heavy (non-hydrogen) atoms. The summed E-state index contributed by atoms with van der Waals surface area (Å²) >= 11 is 0. The molecule has 0 saturated heterocycles. The van der Waals surface area contributed by atoms with Crippen molar-refractivity contribution in [2.75, 3.05) is 0 Å². The minimum absolute atomic E-state index is 0.